The van der Waals surface area contributed by atoms with Crippen molar-refractivity contribution in [1.82, 2.24) is 4.98 Å². The van der Waals surface area contributed by atoms with E-state index in [4.69, 9.17) is 0 Å². The quantitative estimate of drug-likeness (QED) is 0.730. The zero-order valence-corrected chi connectivity index (χ0v) is 13.3. The number of aromatic hydroxyl groups is 1. The summed E-state index contributed by atoms with van der Waals surface area (Å²) in [5.41, 5.74) is 3.56. The second-order valence-corrected chi connectivity index (χ2v) is 5.59. The number of anilines is 1. The molecule has 0 aliphatic heterocycles. The summed E-state index contributed by atoms with van der Waals surface area (Å²) in [6.07, 6.45) is 1.77. The Kier molecular flexibility index (Phi) is 5.08. The van der Waals surface area contributed by atoms with Gasteiger partial charge in [-0.15, -0.1) is 0 Å². The van der Waals surface area contributed by atoms with Crippen LogP contribution in [0.1, 0.15) is 16.8 Å². The Morgan fingerprint density at radius 2 is 1.50 bits per heavy atom. The molecule has 3 rings (SSSR count). The van der Waals surface area contributed by atoms with Gasteiger partial charge in [-0.1, -0.05) is 42.5 Å². The predicted molar refractivity (Wildman–Crippen MR) is 94.6 cm³/mol. The lowest BCUT2D eigenvalue weighted by Gasteiger charge is -2.27. The number of phenolic OH excluding ortho intramolecular Hbond substituents is 1. The van der Waals surface area contributed by atoms with Gasteiger partial charge in [-0.05, 0) is 24.3 Å². The van der Waals surface area contributed by atoms with Crippen molar-refractivity contribution in [3.05, 3.63) is 89.7 Å². The van der Waals surface area contributed by atoms with E-state index in [1.807, 2.05) is 60.7 Å². The van der Waals surface area contributed by atoms with Gasteiger partial charge in [0, 0.05) is 29.6 Å². The van der Waals surface area contributed by atoms with E-state index in [1.54, 1.807) is 12.3 Å². The van der Waals surface area contributed by atoms with E-state index < -0.39 is 0 Å². The van der Waals surface area contributed by atoms with Crippen molar-refractivity contribution in [2.75, 3.05) is 4.90 Å². The fourth-order valence-corrected chi connectivity index (χ4v) is 2.72. The fraction of sp³-hybridized carbons (Fsp3) is 0.150. The summed E-state index contributed by atoms with van der Waals surface area (Å²) < 4.78 is 0. The first kappa shape index (κ1) is 16.0. The molecule has 0 unspecified atom stereocenters. The minimum Gasteiger partial charge on any atom is -0.508 e. The lowest BCUT2D eigenvalue weighted by atomic mass is 10.1. The highest BCUT2D eigenvalue weighted by Gasteiger charge is 2.14. The van der Waals surface area contributed by atoms with Crippen molar-refractivity contribution in [2.45, 2.75) is 19.7 Å². The maximum absolute atomic E-state index is 10.1. The van der Waals surface area contributed by atoms with Crippen molar-refractivity contribution in [1.29, 1.82) is 0 Å². The van der Waals surface area contributed by atoms with Gasteiger partial charge in [-0.3, -0.25) is 4.98 Å². The van der Waals surface area contributed by atoms with Crippen LogP contribution in [-0.4, -0.2) is 15.2 Å². The predicted octanol–water partition coefficient (Wildman–Crippen LogP) is 3.49. The molecule has 0 bridgehead atoms. The molecule has 4 heteroatoms. The van der Waals surface area contributed by atoms with Crippen LogP contribution in [-0.2, 0) is 19.7 Å². The van der Waals surface area contributed by atoms with Crippen molar-refractivity contribution in [3.63, 3.8) is 0 Å². The number of aliphatic hydroxyl groups excluding tert-OH is 1. The summed E-state index contributed by atoms with van der Waals surface area (Å²) in [5, 5.41) is 19.8. The molecule has 1 aromatic heterocycles. The molecule has 2 aromatic carbocycles. The van der Waals surface area contributed by atoms with Crippen LogP contribution in [0.15, 0.2) is 72.9 Å². The molecule has 0 saturated heterocycles. The monoisotopic (exact) mass is 320 g/mol. The summed E-state index contributed by atoms with van der Waals surface area (Å²) in [6, 6.07) is 20.9. The topological polar surface area (TPSA) is 56.6 Å². The van der Waals surface area contributed by atoms with E-state index in [0.29, 0.717) is 13.1 Å². The first-order valence-electron chi connectivity index (χ1n) is 7.88. The second kappa shape index (κ2) is 7.62. The van der Waals surface area contributed by atoms with Crippen LogP contribution in [0, 0.1) is 0 Å². The molecule has 0 radical (unpaired) electrons. The summed E-state index contributed by atoms with van der Waals surface area (Å²) in [5.74, 6) is 0.269. The van der Waals surface area contributed by atoms with Crippen LogP contribution in [0.4, 0.5) is 5.69 Å². The third-order valence-electron chi connectivity index (χ3n) is 3.93. The van der Waals surface area contributed by atoms with Gasteiger partial charge in [0.15, 0.2) is 0 Å². The van der Waals surface area contributed by atoms with Crippen molar-refractivity contribution in [2.24, 2.45) is 0 Å². The third-order valence-corrected chi connectivity index (χ3v) is 3.93. The van der Waals surface area contributed by atoms with E-state index in [-0.39, 0.29) is 12.4 Å². The average Bonchev–Trinajstić information content (AvgIpc) is 2.64. The van der Waals surface area contributed by atoms with Gasteiger partial charge in [-0.2, -0.15) is 0 Å². The molecule has 0 spiro atoms. The first-order valence-corrected chi connectivity index (χ1v) is 7.88. The Morgan fingerprint density at radius 3 is 2.21 bits per heavy atom. The molecular weight excluding hydrogens is 300 g/mol. The first-order chi connectivity index (χ1) is 11.8. The summed E-state index contributed by atoms with van der Waals surface area (Å²) in [7, 11) is 0. The Bertz CT molecular complexity index is 790. The highest BCUT2D eigenvalue weighted by atomic mass is 16.3. The molecule has 0 atom stereocenters. The number of benzene rings is 2. The molecule has 24 heavy (non-hydrogen) atoms. The van der Waals surface area contributed by atoms with Crippen LogP contribution >= 0.6 is 0 Å². The van der Waals surface area contributed by atoms with Gasteiger partial charge in [0.1, 0.15) is 5.75 Å². The molecule has 1 heterocycles. The number of hydrogen-bond acceptors (Lipinski definition) is 4. The average molecular weight is 320 g/mol. The Balaban J connectivity index is 1.96. The zero-order valence-electron chi connectivity index (χ0n) is 13.3. The Morgan fingerprint density at radius 1 is 0.792 bits per heavy atom. The van der Waals surface area contributed by atoms with Crippen LogP contribution in [0.5, 0.6) is 5.75 Å². The van der Waals surface area contributed by atoms with Gasteiger partial charge in [0.2, 0.25) is 0 Å². The molecule has 0 aliphatic carbocycles. The number of para-hydroxylation sites is 2. The van der Waals surface area contributed by atoms with Crippen LogP contribution in [0.25, 0.3) is 0 Å². The van der Waals surface area contributed by atoms with E-state index in [0.717, 1.165) is 22.5 Å². The lowest BCUT2D eigenvalue weighted by Crippen LogP contribution is -2.24. The number of hydrogen-bond donors (Lipinski definition) is 2. The van der Waals surface area contributed by atoms with E-state index in [2.05, 4.69) is 9.88 Å². The maximum atomic E-state index is 10.1. The van der Waals surface area contributed by atoms with Crippen molar-refractivity contribution < 1.29 is 10.2 Å². The number of rotatable bonds is 6. The van der Waals surface area contributed by atoms with Crippen molar-refractivity contribution in [3.8, 4) is 5.75 Å². The molecular formula is C20H20N2O2. The largest absolute Gasteiger partial charge is 0.508 e. The molecule has 3 aromatic rings. The lowest BCUT2D eigenvalue weighted by molar-refractivity contribution is 0.282. The number of nitrogens with zero attached hydrogens (tertiary/aromatic N) is 2. The summed E-state index contributed by atoms with van der Waals surface area (Å²) >= 11 is 0. The smallest absolute Gasteiger partial charge is 0.120 e. The van der Waals surface area contributed by atoms with Gasteiger partial charge < -0.3 is 15.1 Å². The molecule has 2 N–H and O–H groups in total. The molecule has 0 fully saturated rings. The van der Waals surface area contributed by atoms with Gasteiger partial charge in [0.25, 0.3) is 0 Å². The highest BCUT2D eigenvalue weighted by Crippen LogP contribution is 2.26. The van der Waals surface area contributed by atoms with Crippen molar-refractivity contribution >= 4 is 5.69 Å². The number of aliphatic hydroxyl groups is 1. The minimum absolute atomic E-state index is 0.0321. The van der Waals surface area contributed by atoms with Crippen LogP contribution in [0.3, 0.4) is 0 Å². The van der Waals surface area contributed by atoms with E-state index in [9.17, 15) is 10.2 Å². The van der Waals surface area contributed by atoms with Gasteiger partial charge >= 0.3 is 0 Å². The number of aromatic nitrogens is 1. The fourth-order valence-electron chi connectivity index (χ4n) is 2.72. The Labute approximate surface area is 141 Å². The number of pyridine rings is 1. The van der Waals surface area contributed by atoms with Gasteiger partial charge in [-0.25, -0.2) is 0 Å². The van der Waals surface area contributed by atoms with Crippen LogP contribution in [0.2, 0.25) is 0 Å². The van der Waals surface area contributed by atoms with Gasteiger partial charge in [0.05, 0.1) is 18.8 Å². The second-order valence-electron chi connectivity index (χ2n) is 5.59. The summed E-state index contributed by atoms with van der Waals surface area (Å²) in [4.78, 5) is 6.51. The highest BCUT2D eigenvalue weighted by molar-refractivity contribution is 5.54. The summed E-state index contributed by atoms with van der Waals surface area (Å²) in [6.45, 7) is 1.09. The third kappa shape index (κ3) is 3.73. The number of phenols is 1. The minimum atomic E-state index is -0.0321. The van der Waals surface area contributed by atoms with E-state index in [1.165, 1.54) is 0 Å². The molecule has 0 saturated carbocycles. The molecule has 0 amide bonds. The maximum Gasteiger partial charge on any atom is 0.120 e. The molecule has 122 valence electrons. The standard InChI is InChI=1S/C20H20N2O2/c23-15-17-8-1-3-10-19(17)22(14-18-9-5-6-12-21-18)13-16-7-2-4-11-20(16)24/h1-12,23-24H,13-15H2. The Hall–Kier alpha value is -2.85. The van der Waals surface area contributed by atoms with E-state index >= 15 is 0 Å². The zero-order chi connectivity index (χ0) is 16.8. The molecule has 4 nitrogen and oxygen atoms in total. The van der Waals surface area contributed by atoms with Crippen LogP contribution < -0.4 is 4.90 Å². The molecule has 0 aliphatic rings. The normalized spacial score (nSPS) is 10.5. The SMILES string of the molecule is OCc1ccccc1N(Cc1ccccn1)Cc1ccccc1O.